The van der Waals surface area contributed by atoms with E-state index in [1.807, 2.05) is 11.1 Å². The molecule has 11 heteroatoms. The molecule has 1 saturated carbocycles. The van der Waals surface area contributed by atoms with E-state index in [4.69, 9.17) is 14.7 Å². The number of nitrogens with one attached hydrogen (secondary N) is 4. The zero-order chi connectivity index (χ0) is 35.6. The number of benzene rings is 4. The number of carbonyl (C=O) groups excluding carboxylic acids is 1. The molecule has 2 bridgehead atoms. The molecule has 0 unspecified atom stereocenters. The van der Waals surface area contributed by atoms with Crippen LogP contribution in [0.2, 0.25) is 0 Å². The highest BCUT2D eigenvalue weighted by Crippen LogP contribution is 2.50. The van der Waals surface area contributed by atoms with E-state index in [0.29, 0.717) is 38.0 Å². The van der Waals surface area contributed by atoms with Gasteiger partial charge in [0, 0.05) is 30.2 Å². The summed E-state index contributed by atoms with van der Waals surface area (Å²) in [5.74, 6) is 1.88. The van der Waals surface area contributed by atoms with E-state index in [1.54, 1.807) is 0 Å². The van der Waals surface area contributed by atoms with Gasteiger partial charge in [0.2, 0.25) is 5.91 Å². The first-order chi connectivity index (χ1) is 26.0. The summed E-state index contributed by atoms with van der Waals surface area (Å²) in [6.45, 7) is 2.12. The Bertz CT molecular complexity index is 2370. The molecule has 4 aliphatic rings. The third kappa shape index (κ3) is 5.73. The lowest BCUT2D eigenvalue weighted by molar-refractivity contribution is -0.140. The Labute approximate surface area is 306 Å². The van der Waals surface area contributed by atoms with Gasteiger partial charge in [-0.2, -0.15) is 0 Å². The van der Waals surface area contributed by atoms with Crippen LogP contribution in [0.25, 0.3) is 55.0 Å². The van der Waals surface area contributed by atoms with Crippen molar-refractivity contribution in [2.45, 2.75) is 69.1 Å². The molecule has 4 aromatic carbocycles. The largest absolute Gasteiger partial charge is 0.465 e. The van der Waals surface area contributed by atoms with Gasteiger partial charge in [0.15, 0.2) is 0 Å². The van der Waals surface area contributed by atoms with E-state index in [9.17, 15) is 14.7 Å². The summed E-state index contributed by atoms with van der Waals surface area (Å²) in [6.07, 6.45) is 7.20. The number of rotatable bonds is 7. The summed E-state index contributed by atoms with van der Waals surface area (Å²) in [5, 5.41) is 20.4. The summed E-state index contributed by atoms with van der Waals surface area (Å²) < 4.78 is 5.52. The van der Waals surface area contributed by atoms with Gasteiger partial charge in [0.25, 0.3) is 0 Å². The maximum atomic E-state index is 14.2. The molecule has 0 radical (unpaired) electrons. The van der Waals surface area contributed by atoms with Gasteiger partial charge in [0.05, 0.1) is 35.0 Å². The summed E-state index contributed by atoms with van der Waals surface area (Å²) in [5.41, 5.74) is 6.35. The van der Waals surface area contributed by atoms with Crippen LogP contribution in [-0.4, -0.2) is 73.8 Å². The predicted octanol–water partition coefficient (Wildman–Crippen LogP) is 7.47. The number of ether oxygens (including phenoxy) is 1. The molecular formula is C42H43N7O4. The first-order valence-corrected chi connectivity index (χ1v) is 19.1. The topological polar surface area (TPSA) is 148 Å². The van der Waals surface area contributed by atoms with Crippen LogP contribution >= 0.6 is 0 Å². The first-order valence-electron chi connectivity index (χ1n) is 19.1. The van der Waals surface area contributed by atoms with E-state index < -0.39 is 12.1 Å². The molecule has 270 valence electrons. The average molecular weight is 710 g/mol. The zero-order valence-corrected chi connectivity index (χ0v) is 29.5. The number of aromatic amines is 2. The summed E-state index contributed by atoms with van der Waals surface area (Å²) in [4.78, 5) is 44.9. The molecule has 3 saturated heterocycles. The number of hydrogen-bond acceptors (Lipinski definition) is 6. The van der Waals surface area contributed by atoms with E-state index in [2.05, 4.69) is 87.3 Å². The van der Waals surface area contributed by atoms with Crippen molar-refractivity contribution in [1.29, 1.82) is 0 Å². The minimum atomic E-state index is -1.17. The molecule has 5 heterocycles. The number of likely N-dealkylation sites (tertiary alicyclic amines) is 1. The molecule has 2 amide bonds. The van der Waals surface area contributed by atoms with Crippen molar-refractivity contribution in [3.63, 3.8) is 0 Å². The summed E-state index contributed by atoms with van der Waals surface area (Å²) in [7, 11) is 0. The Balaban J connectivity index is 0.904. The fourth-order valence-electron chi connectivity index (χ4n) is 9.69. The highest BCUT2D eigenvalue weighted by Gasteiger charge is 2.52. The first kappa shape index (κ1) is 32.4. The number of aromatic nitrogens is 4. The van der Waals surface area contributed by atoms with Gasteiger partial charge < -0.3 is 35.3 Å². The minimum Gasteiger partial charge on any atom is -0.465 e. The Morgan fingerprint density at radius 2 is 1.60 bits per heavy atom. The molecule has 5 N–H and O–H groups in total. The number of H-pyrrole nitrogens is 2. The van der Waals surface area contributed by atoms with Crippen molar-refractivity contribution in [1.82, 2.24) is 35.5 Å². The third-order valence-electron chi connectivity index (χ3n) is 12.4. The van der Waals surface area contributed by atoms with Crippen LogP contribution < -0.4 is 10.6 Å². The predicted molar refractivity (Wildman–Crippen MR) is 203 cm³/mol. The number of hydrogen-bond donors (Lipinski definition) is 5. The molecule has 6 aromatic rings. The number of imidazole rings is 2. The Hall–Kier alpha value is -5.26. The second kappa shape index (κ2) is 13.0. The zero-order valence-electron chi connectivity index (χ0n) is 29.5. The Morgan fingerprint density at radius 1 is 0.849 bits per heavy atom. The highest BCUT2D eigenvalue weighted by atomic mass is 16.5. The van der Waals surface area contributed by atoms with Gasteiger partial charge in [-0.05, 0) is 115 Å². The number of piperidine rings is 1. The molecular weight excluding hydrogens is 667 g/mol. The molecule has 4 fully saturated rings. The summed E-state index contributed by atoms with van der Waals surface area (Å²) in [6, 6.07) is 23.4. The Kier molecular flexibility index (Phi) is 7.94. The van der Waals surface area contributed by atoms with Crippen molar-refractivity contribution in [3.05, 3.63) is 84.6 Å². The van der Waals surface area contributed by atoms with Crippen molar-refractivity contribution < 1.29 is 19.4 Å². The van der Waals surface area contributed by atoms with Gasteiger partial charge in [-0.25, -0.2) is 14.8 Å². The van der Waals surface area contributed by atoms with Crippen LogP contribution in [0.15, 0.2) is 72.9 Å². The van der Waals surface area contributed by atoms with E-state index in [0.717, 1.165) is 93.5 Å². The van der Waals surface area contributed by atoms with E-state index in [-0.39, 0.29) is 23.9 Å². The van der Waals surface area contributed by atoms with Crippen LogP contribution in [0.5, 0.6) is 0 Å². The fourth-order valence-corrected chi connectivity index (χ4v) is 9.69. The number of carbonyl (C=O) groups is 2. The normalized spacial score (nSPS) is 23.7. The molecule has 0 spiro atoms. The maximum Gasteiger partial charge on any atom is 0.405 e. The SMILES string of the molecule is O=C(O)N[C@H](C(=O)N1[C@@H]2CC[C@@H](C2)[C@H]1c1ncc(-c2ccc3cc(-c4ccc5c(ccc6[nH]c([C@@H]7CCCN7)nc65)c4)ccc3c2)[nH]1)C1CCOCC1. The van der Waals surface area contributed by atoms with Crippen LogP contribution in [0.1, 0.15) is 68.7 Å². The third-order valence-corrected chi connectivity index (χ3v) is 12.4. The lowest BCUT2D eigenvalue weighted by Gasteiger charge is -2.39. The van der Waals surface area contributed by atoms with Gasteiger partial charge in [-0.1, -0.05) is 42.5 Å². The number of carboxylic acid groups (broad SMARTS) is 1. The molecule has 1 aliphatic carbocycles. The second-order valence-electron chi connectivity index (χ2n) is 15.4. The average Bonchev–Trinajstić information content (AvgIpc) is 4.04. The van der Waals surface area contributed by atoms with E-state index >= 15 is 0 Å². The lowest BCUT2D eigenvalue weighted by atomic mass is 9.89. The fraction of sp³-hybridized carbons (Fsp3) is 0.381. The standard InChI is InChI=1S/C42H43N7O4/c50-41(36(48-42(51)52)23-13-16-53-17-14-23)49-31-10-7-30(21-31)38(49)40-44-22-35(46-40)29-6-5-25-18-24(3-4-26(25)20-29)27-8-11-32-28(19-27)9-12-33-37(32)47-39(45-33)34-2-1-15-43-34/h3-6,8-9,11-12,18-20,22-23,30-31,34,36,38,43,48H,1-2,7,10,13-17,21H2,(H,44,46)(H,45,47)(H,51,52)/t30-,31+,34-,36-,38-/m0/s1. The quantitative estimate of drug-likeness (QED) is 0.116. The number of fused-ring (bicyclic) bond motifs is 6. The van der Waals surface area contributed by atoms with Crippen molar-refractivity contribution >= 4 is 44.6 Å². The smallest absolute Gasteiger partial charge is 0.405 e. The molecule has 11 nitrogen and oxygen atoms in total. The van der Waals surface area contributed by atoms with Gasteiger partial charge >= 0.3 is 6.09 Å². The maximum absolute atomic E-state index is 14.2. The lowest BCUT2D eigenvalue weighted by Crippen LogP contribution is -2.55. The van der Waals surface area contributed by atoms with Crippen LogP contribution in [-0.2, 0) is 9.53 Å². The van der Waals surface area contributed by atoms with Crippen LogP contribution in [0.4, 0.5) is 4.79 Å². The van der Waals surface area contributed by atoms with Gasteiger partial charge in [0.1, 0.15) is 17.7 Å². The second-order valence-corrected chi connectivity index (χ2v) is 15.4. The number of nitrogens with zero attached hydrogens (tertiary/aromatic N) is 3. The van der Waals surface area contributed by atoms with Crippen LogP contribution in [0, 0.1) is 11.8 Å². The van der Waals surface area contributed by atoms with Crippen LogP contribution in [0.3, 0.4) is 0 Å². The molecule has 3 aliphatic heterocycles. The minimum absolute atomic E-state index is 0.0842. The van der Waals surface area contributed by atoms with E-state index in [1.165, 1.54) is 11.8 Å². The van der Waals surface area contributed by atoms with Crippen molar-refractivity contribution in [2.24, 2.45) is 11.8 Å². The van der Waals surface area contributed by atoms with Gasteiger partial charge in [-0.3, -0.25) is 4.79 Å². The Morgan fingerprint density at radius 3 is 2.40 bits per heavy atom. The monoisotopic (exact) mass is 709 g/mol. The molecule has 2 aromatic heterocycles. The highest BCUT2D eigenvalue weighted by molar-refractivity contribution is 6.05. The van der Waals surface area contributed by atoms with Crippen molar-refractivity contribution in [3.8, 4) is 22.4 Å². The van der Waals surface area contributed by atoms with Gasteiger partial charge in [-0.15, -0.1) is 0 Å². The molecule has 5 atom stereocenters. The molecule has 10 rings (SSSR count). The summed E-state index contributed by atoms with van der Waals surface area (Å²) >= 11 is 0. The van der Waals surface area contributed by atoms with Crippen molar-refractivity contribution in [2.75, 3.05) is 19.8 Å². The molecule has 53 heavy (non-hydrogen) atoms. The number of amides is 2.